The number of aryl methyl sites for hydroxylation is 1. The van der Waals surface area contributed by atoms with Gasteiger partial charge >= 0.3 is 0 Å². The Morgan fingerprint density at radius 2 is 1.89 bits per heavy atom. The number of hydrogen-bond acceptors (Lipinski definition) is 2. The maximum Gasteiger partial charge on any atom is 0.123 e. The molecule has 0 spiro atoms. The van der Waals surface area contributed by atoms with Gasteiger partial charge in [0.1, 0.15) is 5.75 Å². The summed E-state index contributed by atoms with van der Waals surface area (Å²) in [6.07, 6.45) is 2.37. The third-order valence-corrected chi connectivity index (χ3v) is 3.16. The quantitative estimate of drug-likeness (QED) is 0.776. The summed E-state index contributed by atoms with van der Waals surface area (Å²) in [4.78, 5) is 0. The molecule has 0 aliphatic rings. The summed E-state index contributed by atoms with van der Waals surface area (Å²) in [6.45, 7) is 12.4. The molecule has 2 N–H and O–H groups in total. The van der Waals surface area contributed by atoms with E-state index in [4.69, 9.17) is 0 Å². The van der Waals surface area contributed by atoms with Crippen molar-refractivity contribution >= 4 is 0 Å². The molecule has 0 amide bonds. The molecule has 0 heterocycles. The van der Waals surface area contributed by atoms with E-state index < -0.39 is 0 Å². The van der Waals surface area contributed by atoms with Gasteiger partial charge in [0, 0.05) is 12.1 Å². The van der Waals surface area contributed by atoms with E-state index in [-0.39, 0.29) is 5.41 Å². The fraction of sp³-hybridized carbons (Fsp3) is 0.625. The van der Waals surface area contributed by atoms with Crippen LogP contribution >= 0.6 is 0 Å². The second-order valence-electron chi connectivity index (χ2n) is 6.10. The minimum Gasteiger partial charge on any atom is -0.507 e. The van der Waals surface area contributed by atoms with Crippen LogP contribution < -0.4 is 5.32 Å². The van der Waals surface area contributed by atoms with Gasteiger partial charge in [0.25, 0.3) is 0 Å². The first kappa shape index (κ1) is 15.0. The van der Waals surface area contributed by atoms with Crippen molar-refractivity contribution in [3.05, 3.63) is 28.8 Å². The number of unbranched alkanes of at least 4 members (excludes halogenated alkanes) is 1. The Morgan fingerprint density at radius 1 is 1.22 bits per heavy atom. The first-order chi connectivity index (χ1) is 8.36. The number of rotatable bonds is 5. The first-order valence-corrected chi connectivity index (χ1v) is 6.90. The van der Waals surface area contributed by atoms with Crippen LogP contribution in [0.3, 0.4) is 0 Å². The van der Waals surface area contributed by atoms with Crippen molar-refractivity contribution in [2.24, 2.45) is 0 Å². The molecule has 0 unspecified atom stereocenters. The molecule has 2 heteroatoms. The molecule has 0 fully saturated rings. The van der Waals surface area contributed by atoms with E-state index in [1.54, 1.807) is 0 Å². The lowest BCUT2D eigenvalue weighted by atomic mass is 9.84. The Morgan fingerprint density at radius 3 is 2.44 bits per heavy atom. The van der Waals surface area contributed by atoms with Crippen molar-refractivity contribution in [2.45, 2.75) is 59.4 Å². The molecular formula is C16H27NO. The van der Waals surface area contributed by atoms with Crippen molar-refractivity contribution in [2.75, 3.05) is 6.54 Å². The maximum atomic E-state index is 10.4. The van der Waals surface area contributed by atoms with Crippen LogP contribution in [-0.2, 0) is 12.0 Å². The van der Waals surface area contributed by atoms with Gasteiger partial charge in [-0.15, -0.1) is 0 Å². The predicted octanol–water partition coefficient (Wildman–Crippen LogP) is 3.89. The van der Waals surface area contributed by atoms with Gasteiger partial charge in [-0.25, -0.2) is 0 Å². The highest BCUT2D eigenvalue weighted by atomic mass is 16.3. The summed E-state index contributed by atoms with van der Waals surface area (Å²) in [5.41, 5.74) is 3.24. The summed E-state index contributed by atoms with van der Waals surface area (Å²) in [6, 6.07) is 4.16. The summed E-state index contributed by atoms with van der Waals surface area (Å²) < 4.78 is 0. The normalized spacial score (nSPS) is 11.8. The molecule has 1 aromatic carbocycles. The van der Waals surface area contributed by atoms with E-state index in [0.29, 0.717) is 5.75 Å². The Hall–Kier alpha value is -1.02. The summed E-state index contributed by atoms with van der Waals surface area (Å²) in [5.74, 6) is 0.456. The van der Waals surface area contributed by atoms with Crippen molar-refractivity contribution in [1.29, 1.82) is 0 Å². The molecular weight excluding hydrogens is 222 g/mol. The molecule has 18 heavy (non-hydrogen) atoms. The fourth-order valence-corrected chi connectivity index (χ4v) is 2.09. The van der Waals surface area contributed by atoms with Gasteiger partial charge in [-0.05, 0) is 30.9 Å². The topological polar surface area (TPSA) is 32.3 Å². The second kappa shape index (κ2) is 6.24. The predicted molar refractivity (Wildman–Crippen MR) is 78.2 cm³/mol. The Labute approximate surface area is 111 Å². The van der Waals surface area contributed by atoms with Crippen LogP contribution in [0, 0.1) is 6.92 Å². The number of phenols is 1. The van der Waals surface area contributed by atoms with Gasteiger partial charge in [0.15, 0.2) is 0 Å². The molecule has 0 aliphatic carbocycles. The summed E-state index contributed by atoms with van der Waals surface area (Å²) in [7, 11) is 0. The average molecular weight is 249 g/mol. The number of aromatic hydroxyl groups is 1. The van der Waals surface area contributed by atoms with Crippen molar-refractivity contribution in [1.82, 2.24) is 5.32 Å². The van der Waals surface area contributed by atoms with Crippen LogP contribution in [0.15, 0.2) is 12.1 Å². The van der Waals surface area contributed by atoms with E-state index in [0.717, 1.165) is 24.2 Å². The van der Waals surface area contributed by atoms with Crippen molar-refractivity contribution in [3.8, 4) is 5.75 Å². The van der Waals surface area contributed by atoms with Gasteiger partial charge in [-0.2, -0.15) is 0 Å². The van der Waals surface area contributed by atoms with Crippen molar-refractivity contribution in [3.63, 3.8) is 0 Å². The lowest BCUT2D eigenvalue weighted by Crippen LogP contribution is -2.17. The van der Waals surface area contributed by atoms with Crippen molar-refractivity contribution < 1.29 is 5.11 Å². The average Bonchev–Trinajstić information content (AvgIpc) is 2.27. The fourth-order valence-electron chi connectivity index (χ4n) is 2.09. The molecule has 1 rings (SSSR count). The summed E-state index contributed by atoms with van der Waals surface area (Å²) in [5, 5.41) is 13.8. The van der Waals surface area contributed by atoms with E-state index in [2.05, 4.69) is 52.1 Å². The van der Waals surface area contributed by atoms with Crippen LogP contribution in [0.1, 0.15) is 57.2 Å². The van der Waals surface area contributed by atoms with E-state index in [1.165, 1.54) is 18.4 Å². The lowest BCUT2D eigenvalue weighted by molar-refractivity contribution is 0.437. The number of nitrogens with one attached hydrogen (secondary N) is 1. The highest BCUT2D eigenvalue weighted by Crippen LogP contribution is 2.34. The van der Waals surface area contributed by atoms with Gasteiger partial charge in [-0.3, -0.25) is 0 Å². The van der Waals surface area contributed by atoms with Gasteiger partial charge in [0.2, 0.25) is 0 Å². The molecule has 102 valence electrons. The summed E-state index contributed by atoms with van der Waals surface area (Å²) >= 11 is 0. The van der Waals surface area contributed by atoms with Gasteiger partial charge in [-0.1, -0.05) is 51.8 Å². The van der Waals surface area contributed by atoms with Crippen LogP contribution in [0.25, 0.3) is 0 Å². The molecule has 0 saturated carbocycles. The number of phenolic OH excluding ortho intramolecular Hbond substituents is 1. The molecule has 1 aromatic rings. The molecule has 0 radical (unpaired) electrons. The maximum absolute atomic E-state index is 10.4. The second-order valence-corrected chi connectivity index (χ2v) is 6.10. The molecule has 2 nitrogen and oxygen atoms in total. The minimum absolute atomic E-state index is 0.0196. The van der Waals surface area contributed by atoms with E-state index in [9.17, 15) is 5.11 Å². The van der Waals surface area contributed by atoms with Gasteiger partial charge in [0.05, 0.1) is 0 Å². The third-order valence-electron chi connectivity index (χ3n) is 3.16. The highest BCUT2D eigenvalue weighted by Gasteiger charge is 2.20. The minimum atomic E-state index is -0.0196. The largest absolute Gasteiger partial charge is 0.507 e. The molecule has 0 saturated heterocycles. The Balaban J connectivity index is 2.88. The van der Waals surface area contributed by atoms with Crippen LogP contribution in [0.4, 0.5) is 0 Å². The molecule has 0 atom stereocenters. The number of benzene rings is 1. The van der Waals surface area contributed by atoms with E-state index >= 15 is 0 Å². The zero-order chi connectivity index (χ0) is 13.8. The zero-order valence-corrected chi connectivity index (χ0v) is 12.4. The van der Waals surface area contributed by atoms with Gasteiger partial charge < -0.3 is 10.4 Å². The third kappa shape index (κ3) is 4.02. The Bertz CT molecular complexity index is 391. The zero-order valence-electron chi connectivity index (χ0n) is 12.4. The molecule has 0 aromatic heterocycles. The number of hydrogen-bond donors (Lipinski definition) is 2. The molecule has 0 bridgehead atoms. The van der Waals surface area contributed by atoms with Crippen LogP contribution in [-0.4, -0.2) is 11.7 Å². The van der Waals surface area contributed by atoms with E-state index in [1.807, 2.05) is 0 Å². The standard InChI is InChI=1S/C16H27NO/c1-6-7-8-17-11-13-9-12(2)10-14(15(13)18)16(3,4)5/h9-10,17-18H,6-8,11H2,1-5H3. The Kier molecular flexibility index (Phi) is 5.21. The SMILES string of the molecule is CCCCNCc1cc(C)cc(C(C)(C)C)c1O. The first-order valence-electron chi connectivity index (χ1n) is 6.90. The smallest absolute Gasteiger partial charge is 0.123 e. The monoisotopic (exact) mass is 249 g/mol. The van der Waals surface area contributed by atoms with Crippen LogP contribution in [0.5, 0.6) is 5.75 Å². The molecule has 0 aliphatic heterocycles. The lowest BCUT2D eigenvalue weighted by Gasteiger charge is -2.23. The van der Waals surface area contributed by atoms with Crippen LogP contribution in [0.2, 0.25) is 0 Å². The highest BCUT2D eigenvalue weighted by molar-refractivity contribution is 5.46.